The second kappa shape index (κ2) is 6.17. The van der Waals surface area contributed by atoms with Gasteiger partial charge in [-0.25, -0.2) is 4.98 Å². The third-order valence-electron chi connectivity index (χ3n) is 2.22. The van der Waals surface area contributed by atoms with Gasteiger partial charge in [-0.2, -0.15) is 4.98 Å². The van der Waals surface area contributed by atoms with Gasteiger partial charge in [0.1, 0.15) is 5.82 Å². The number of hydrogen-bond donors (Lipinski definition) is 2. The maximum atomic E-state index is 8.51. The first-order valence-corrected chi connectivity index (χ1v) is 5.20. The zero-order valence-corrected chi connectivity index (χ0v) is 10.3. The molecule has 1 aromatic carbocycles. The van der Waals surface area contributed by atoms with Crippen LogP contribution in [0.25, 0.3) is 0 Å². The molecule has 0 atom stereocenters. The van der Waals surface area contributed by atoms with Gasteiger partial charge in [-0.1, -0.05) is 0 Å². The minimum atomic E-state index is -3.38. The second-order valence-electron chi connectivity index (χ2n) is 3.50. The molecular weight excluding hydrogens is 272 g/mol. The summed E-state index contributed by atoms with van der Waals surface area (Å²) in [6.45, 7) is 0. The molecule has 0 bridgehead atoms. The SMILES string of the molecule is [2H]c1nc(N)nc(N)c1C([2H])([2H])c1c([2H])c(OC([2H])([2H])[2H])c(OC([2H])([2H])[2H])c(OC([2H])([2H])[2H])c1[2H]. The maximum Gasteiger partial charge on any atom is 0.221 e. The van der Waals surface area contributed by atoms with Gasteiger partial charge in [-0.05, 0) is 17.6 Å². The zero-order chi connectivity index (χ0) is 27.3. The average molecular weight is 304 g/mol. The molecule has 2 rings (SSSR count). The van der Waals surface area contributed by atoms with Crippen molar-refractivity contribution in [1.29, 1.82) is 0 Å². The Morgan fingerprint density at radius 2 is 1.86 bits per heavy atom. The number of ether oxygens (including phenoxy) is 3. The van der Waals surface area contributed by atoms with Gasteiger partial charge in [-0.3, -0.25) is 0 Å². The van der Waals surface area contributed by atoms with Gasteiger partial charge in [0.05, 0.1) is 37.6 Å². The molecule has 1 aromatic heterocycles. The fourth-order valence-electron chi connectivity index (χ4n) is 1.37. The molecular formula is C14H18N4O3. The lowest BCUT2D eigenvalue weighted by molar-refractivity contribution is 0.324. The van der Waals surface area contributed by atoms with Crippen LogP contribution in [0.3, 0.4) is 0 Å². The molecule has 0 spiro atoms. The van der Waals surface area contributed by atoms with Crippen LogP contribution >= 0.6 is 0 Å². The molecule has 0 fully saturated rings. The summed E-state index contributed by atoms with van der Waals surface area (Å²) in [6.07, 6.45) is -4.01. The number of anilines is 2. The van der Waals surface area contributed by atoms with E-state index in [-0.39, 0.29) is 0 Å². The predicted molar refractivity (Wildman–Crippen MR) is 79.8 cm³/mol. The monoisotopic (exact) mass is 304 g/mol. The van der Waals surface area contributed by atoms with E-state index in [0.717, 1.165) is 0 Å². The lowest BCUT2D eigenvalue weighted by Gasteiger charge is -2.14. The Morgan fingerprint density at radius 1 is 1.19 bits per heavy atom. The van der Waals surface area contributed by atoms with Gasteiger partial charge in [-0.15, -0.1) is 0 Å². The van der Waals surface area contributed by atoms with Crippen molar-refractivity contribution in [1.82, 2.24) is 9.97 Å². The summed E-state index contributed by atoms with van der Waals surface area (Å²) in [5.74, 6) is -4.97. The average Bonchev–Trinajstić information content (AvgIpc) is 2.57. The lowest BCUT2D eigenvalue weighted by atomic mass is 10.1. The van der Waals surface area contributed by atoms with Crippen molar-refractivity contribution in [3.8, 4) is 17.2 Å². The Bertz CT molecular complexity index is 1060. The molecule has 0 saturated carbocycles. The quantitative estimate of drug-likeness (QED) is 0.856. The van der Waals surface area contributed by atoms with Crippen LogP contribution in [-0.2, 0) is 6.37 Å². The molecule has 0 aliphatic carbocycles. The maximum absolute atomic E-state index is 8.51. The van der Waals surface area contributed by atoms with Crippen LogP contribution in [0.4, 0.5) is 11.8 Å². The van der Waals surface area contributed by atoms with Crippen LogP contribution in [0, 0.1) is 0 Å². The molecule has 4 N–H and O–H groups in total. The topological polar surface area (TPSA) is 106 Å². The largest absolute Gasteiger partial charge is 0.493 e. The van der Waals surface area contributed by atoms with Gasteiger partial charge in [0, 0.05) is 20.9 Å². The number of benzene rings is 1. The molecule has 21 heavy (non-hydrogen) atoms. The predicted octanol–water partition coefficient (Wildman–Crippen LogP) is 1.26. The van der Waals surface area contributed by atoms with E-state index in [9.17, 15) is 0 Å². The van der Waals surface area contributed by atoms with E-state index in [1.54, 1.807) is 0 Å². The van der Waals surface area contributed by atoms with Crippen LogP contribution in [0.2, 0.25) is 0 Å². The second-order valence-corrected chi connectivity index (χ2v) is 3.50. The molecule has 1 heterocycles. The van der Waals surface area contributed by atoms with Crippen molar-refractivity contribution in [2.45, 2.75) is 6.37 Å². The molecule has 0 aliphatic heterocycles. The smallest absolute Gasteiger partial charge is 0.221 e. The van der Waals surface area contributed by atoms with Crippen molar-refractivity contribution in [2.75, 3.05) is 32.6 Å². The summed E-state index contributed by atoms with van der Waals surface area (Å²) in [4.78, 5) is 7.00. The number of rotatable bonds is 5. The van der Waals surface area contributed by atoms with Crippen LogP contribution < -0.4 is 25.7 Å². The highest BCUT2D eigenvalue weighted by Gasteiger charge is 2.14. The molecule has 0 radical (unpaired) electrons. The highest BCUT2D eigenvalue weighted by Crippen LogP contribution is 2.38. The summed E-state index contributed by atoms with van der Waals surface area (Å²) in [6, 6.07) is -2.47. The minimum absolute atomic E-state index is 0.497. The molecule has 0 amide bonds. The molecule has 0 saturated heterocycles. The van der Waals surface area contributed by atoms with Gasteiger partial charge < -0.3 is 25.7 Å². The van der Waals surface area contributed by atoms with Gasteiger partial charge in [0.25, 0.3) is 0 Å². The highest BCUT2D eigenvalue weighted by molar-refractivity contribution is 5.55. The van der Waals surface area contributed by atoms with Crippen LogP contribution in [-0.4, -0.2) is 31.1 Å². The zero-order valence-electron chi connectivity index (χ0n) is 24.3. The van der Waals surface area contributed by atoms with Crippen molar-refractivity contribution in [3.05, 3.63) is 29.4 Å². The summed E-state index contributed by atoms with van der Waals surface area (Å²) < 4.78 is 122. The molecule has 0 unspecified atom stereocenters. The van der Waals surface area contributed by atoms with Gasteiger partial charge in [0.2, 0.25) is 11.7 Å². The lowest BCUT2D eigenvalue weighted by Crippen LogP contribution is -2.04. The van der Waals surface area contributed by atoms with Crippen LogP contribution in [0.15, 0.2) is 18.3 Å². The minimum Gasteiger partial charge on any atom is -0.493 e. The van der Waals surface area contributed by atoms with Crippen molar-refractivity contribution in [2.24, 2.45) is 0 Å². The normalized spacial score (nSPS) is 22.5. The van der Waals surface area contributed by atoms with Crippen molar-refractivity contribution in [3.63, 3.8) is 0 Å². The number of aromatic nitrogens is 2. The molecule has 0 aliphatic rings. The number of hydrogen-bond acceptors (Lipinski definition) is 7. The fourth-order valence-corrected chi connectivity index (χ4v) is 1.37. The Labute approximate surface area is 142 Å². The Balaban J connectivity index is 3.07. The first-order chi connectivity index (χ1) is 15.5. The van der Waals surface area contributed by atoms with E-state index in [1.807, 2.05) is 0 Å². The summed E-state index contributed by atoms with van der Waals surface area (Å²) in [5, 5.41) is 0. The number of nitrogens with zero attached hydrogens (tertiary/aromatic N) is 2. The highest BCUT2D eigenvalue weighted by atomic mass is 16.5. The summed E-state index contributed by atoms with van der Waals surface area (Å²) >= 11 is 0. The molecule has 7 heteroatoms. The number of methoxy groups -OCH3 is 3. The number of nitrogens with two attached hydrogens (primary N) is 2. The van der Waals surface area contributed by atoms with E-state index in [1.165, 1.54) is 0 Å². The van der Waals surface area contributed by atoms with E-state index in [2.05, 4.69) is 24.2 Å². The first kappa shape index (κ1) is 4.94. The van der Waals surface area contributed by atoms with Gasteiger partial charge >= 0.3 is 0 Å². The molecule has 2 aromatic rings. The van der Waals surface area contributed by atoms with Crippen LogP contribution in [0.5, 0.6) is 17.2 Å². The van der Waals surface area contributed by atoms with E-state index in [0.29, 0.717) is 0 Å². The summed E-state index contributed by atoms with van der Waals surface area (Å²) in [5.41, 5.74) is 9.15. The van der Waals surface area contributed by atoms with Gasteiger partial charge in [0.15, 0.2) is 11.5 Å². The fraction of sp³-hybridized carbons (Fsp3) is 0.286. The molecule has 7 nitrogen and oxygen atoms in total. The van der Waals surface area contributed by atoms with Crippen molar-refractivity contribution < 1.29 is 33.4 Å². The van der Waals surface area contributed by atoms with E-state index in [4.69, 9.17) is 30.7 Å². The Morgan fingerprint density at radius 3 is 2.43 bits per heavy atom. The standard InChI is InChI=1S/C14H18N4O3/c1-19-10-5-8(6-11(20-2)12(10)21-3)4-9-7-17-14(16)18-13(9)15/h5-7H,4H2,1-3H3,(H4,15,16,17,18)/i1D3,2D3,3D3,4D2,5D,6D,7D. The van der Waals surface area contributed by atoms with E-state index < -0.39 is 85.9 Å². The Kier molecular flexibility index (Phi) is 1.45. The molecule has 112 valence electrons. The van der Waals surface area contributed by atoms with E-state index >= 15 is 0 Å². The first-order valence-electron chi connectivity index (χ1n) is 12.2. The van der Waals surface area contributed by atoms with Crippen molar-refractivity contribution >= 4 is 11.8 Å². The third kappa shape index (κ3) is 3.07. The number of nitrogen functional groups attached to an aromatic ring is 2. The summed E-state index contributed by atoms with van der Waals surface area (Å²) in [7, 11) is -10.1. The van der Waals surface area contributed by atoms with Crippen LogP contribution in [0.1, 0.15) is 30.3 Å². The third-order valence-corrected chi connectivity index (χ3v) is 2.22. The Hall–Kier alpha value is -2.70.